The minimum absolute atomic E-state index is 0.182. The summed E-state index contributed by atoms with van der Waals surface area (Å²) in [7, 11) is 0. The Bertz CT molecular complexity index is 748. The maximum absolute atomic E-state index is 12.0. The van der Waals surface area contributed by atoms with Crippen molar-refractivity contribution in [3.8, 4) is 0 Å². The van der Waals surface area contributed by atoms with Crippen molar-refractivity contribution in [2.45, 2.75) is 16.5 Å². The Morgan fingerprint density at radius 1 is 1.26 bits per heavy atom. The normalized spacial score (nSPS) is 16.5. The molecule has 0 radical (unpaired) electrons. The fraction of sp³-hybridized carbons (Fsp3) is 0.316. The van der Waals surface area contributed by atoms with Crippen LogP contribution in [-0.2, 0) is 9.53 Å². The van der Waals surface area contributed by atoms with Crippen LogP contribution in [0, 0.1) is 0 Å². The van der Waals surface area contributed by atoms with Crippen LogP contribution in [0.15, 0.2) is 64.6 Å². The molecule has 1 aliphatic heterocycles. The third kappa shape index (κ3) is 4.60. The molecule has 1 aliphatic rings. The lowest BCUT2D eigenvalue weighted by Gasteiger charge is -2.29. The summed E-state index contributed by atoms with van der Waals surface area (Å²) in [5.41, 5.74) is -0.243. The van der Waals surface area contributed by atoms with Gasteiger partial charge in [0.05, 0.1) is 24.7 Å². The second-order valence-electron chi connectivity index (χ2n) is 6.05. The SMILES string of the molecule is C=CC1=C(C(=C)OCC(=O)NC(CO)(CO)CO)Sc2ccccc2C1O. The van der Waals surface area contributed by atoms with Crippen molar-refractivity contribution < 1.29 is 30.0 Å². The molecule has 5 N–H and O–H groups in total. The number of carbonyl (C=O) groups is 1. The van der Waals surface area contributed by atoms with Crippen LogP contribution in [0.4, 0.5) is 0 Å². The molecule has 0 aromatic heterocycles. The Morgan fingerprint density at radius 3 is 2.48 bits per heavy atom. The van der Waals surface area contributed by atoms with Gasteiger partial charge in [0.1, 0.15) is 17.4 Å². The van der Waals surface area contributed by atoms with Crippen LogP contribution in [-0.4, -0.2) is 58.3 Å². The highest BCUT2D eigenvalue weighted by Crippen LogP contribution is 2.46. The number of benzene rings is 1. The number of carbonyl (C=O) groups excluding carboxylic acids is 1. The Morgan fingerprint density at radius 2 is 1.89 bits per heavy atom. The summed E-state index contributed by atoms with van der Waals surface area (Å²) in [6.07, 6.45) is 0.640. The fourth-order valence-electron chi connectivity index (χ4n) is 2.50. The van der Waals surface area contributed by atoms with Crippen molar-refractivity contribution in [2.24, 2.45) is 0 Å². The number of rotatable bonds is 9. The first-order chi connectivity index (χ1) is 12.9. The van der Waals surface area contributed by atoms with E-state index in [-0.39, 0.29) is 5.76 Å². The Labute approximate surface area is 161 Å². The molecule has 2 rings (SSSR count). The molecule has 1 unspecified atom stereocenters. The number of hydrogen-bond donors (Lipinski definition) is 5. The predicted octanol–water partition coefficient (Wildman–Crippen LogP) is 0.628. The van der Waals surface area contributed by atoms with Crippen molar-refractivity contribution >= 4 is 17.7 Å². The molecule has 1 atom stereocenters. The Kier molecular flexibility index (Phi) is 7.23. The average Bonchev–Trinajstić information content (AvgIpc) is 2.70. The summed E-state index contributed by atoms with van der Waals surface area (Å²) in [5.74, 6) is -0.461. The van der Waals surface area contributed by atoms with E-state index in [0.29, 0.717) is 10.5 Å². The molecule has 1 amide bonds. The Balaban J connectivity index is 2.09. The van der Waals surface area contributed by atoms with Crippen molar-refractivity contribution in [3.05, 3.63) is 65.3 Å². The van der Waals surface area contributed by atoms with Gasteiger partial charge in [0.2, 0.25) is 0 Å². The largest absolute Gasteiger partial charge is 0.483 e. The van der Waals surface area contributed by atoms with Gasteiger partial charge in [0, 0.05) is 10.5 Å². The summed E-state index contributed by atoms with van der Waals surface area (Å²) >= 11 is 1.35. The van der Waals surface area contributed by atoms with Gasteiger partial charge in [-0.2, -0.15) is 0 Å². The second kappa shape index (κ2) is 9.20. The quantitative estimate of drug-likeness (QED) is 0.390. The van der Waals surface area contributed by atoms with Gasteiger partial charge in [-0.05, 0) is 11.6 Å². The lowest BCUT2D eigenvalue weighted by atomic mass is 10.00. The number of fused-ring (bicyclic) bond motifs is 1. The van der Waals surface area contributed by atoms with E-state index in [1.165, 1.54) is 17.8 Å². The van der Waals surface area contributed by atoms with E-state index in [4.69, 9.17) is 4.74 Å². The molecule has 0 saturated carbocycles. The molecule has 0 spiro atoms. The van der Waals surface area contributed by atoms with Crippen LogP contribution in [0.25, 0.3) is 0 Å². The van der Waals surface area contributed by atoms with Gasteiger partial charge < -0.3 is 30.5 Å². The fourth-order valence-corrected chi connectivity index (χ4v) is 3.65. The number of aliphatic hydroxyl groups excluding tert-OH is 4. The molecule has 0 bridgehead atoms. The monoisotopic (exact) mass is 393 g/mol. The Hall–Kier alpha value is -2.10. The van der Waals surface area contributed by atoms with Crippen molar-refractivity contribution in [1.82, 2.24) is 5.32 Å². The number of thioether (sulfide) groups is 1. The first-order valence-electron chi connectivity index (χ1n) is 8.18. The number of aliphatic hydroxyl groups is 4. The van der Waals surface area contributed by atoms with Crippen molar-refractivity contribution in [3.63, 3.8) is 0 Å². The molecule has 0 aliphatic carbocycles. The molecule has 0 saturated heterocycles. The van der Waals surface area contributed by atoms with Crippen LogP contribution in [0.5, 0.6) is 0 Å². The first kappa shape index (κ1) is 21.2. The van der Waals surface area contributed by atoms with Gasteiger partial charge in [-0.1, -0.05) is 49.2 Å². The summed E-state index contributed by atoms with van der Waals surface area (Å²) in [4.78, 5) is 13.4. The minimum Gasteiger partial charge on any atom is -0.483 e. The van der Waals surface area contributed by atoms with E-state index in [2.05, 4.69) is 18.5 Å². The highest BCUT2D eigenvalue weighted by molar-refractivity contribution is 8.03. The molecule has 146 valence electrons. The molecule has 27 heavy (non-hydrogen) atoms. The van der Waals surface area contributed by atoms with Gasteiger partial charge >= 0.3 is 0 Å². The van der Waals surface area contributed by atoms with E-state index >= 15 is 0 Å². The maximum Gasteiger partial charge on any atom is 0.258 e. The number of nitrogens with one attached hydrogen (secondary N) is 1. The van der Waals surface area contributed by atoms with Crippen LogP contribution in [0.2, 0.25) is 0 Å². The first-order valence-corrected chi connectivity index (χ1v) is 9.00. The van der Waals surface area contributed by atoms with Gasteiger partial charge in [0.15, 0.2) is 6.61 Å². The van der Waals surface area contributed by atoms with Gasteiger partial charge in [-0.3, -0.25) is 4.79 Å². The highest BCUT2D eigenvalue weighted by atomic mass is 32.2. The minimum atomic E-state index is -1.53. The van der Waals surface area contributed by atoms with Gasteiger partial charge in [0.25, 0.3) is 5.91 Å². The van der Waals surface area contributed by atoms with E-state index in [1.54, 1.807) is 0 Å². The molecule has 1 aromatic carbocycles. The lowest BCUT2D eigenvalue weighted by Crippen LogP contribution is -2.57. The molecule has 1 heterocycles. The summed E-state index contributed by atoms with van der Waals surface area (Å²) in [5, 5.41) is 40.7. The number of amides is 1. The van der Waals surface area contributed by atoms with E-state index in [1.807, 2.05) is 24.3 Å². The van der Waals surface area contributed by atoms with Crippen LogP contribution < -0.4 is 5.32 Å². The van der Waals surface area contributed by atoms with Gasteiger partial charge in [-0.25, -0.2) is 0 Å². The van der Waals surface area contributed by atoms with Crippen LogP contribution in [0.3, 0.4) is 0 Å². The third-order valence-corrected chi connectivity index (χ3v) is 5.40. The average molecular weight is 393 g/mol. The molecule has 8 heteroatoms. The zero-order valence-corrected chi connectivity index (χ0v) is 15.5. The zero-order valence-electron chi connectivity index (χ0n) is 14.7. The standard InChI is InChI=1S/C19H23NO6S/c1-3-13-17(25)14-6-4-5-7-15(14)27-18(13)12(2)26-8-16(24)20-19(9-21,10-22)11-23/h3-7,17,21-23,25H,1-2,8-11H2,(H,20,24). The highest BCUT2D eigenvalue weighted by Gasteiger charge is 2.31. The predicted molar refractivity (Wildman–Crippen MR) is 102 cm³/mol. The second-order valence-corrected chi connectivity index (χ2v) is 7.10. The molecular weight excluding hydrogens is 370 g/mol. The smallest absolute Gasteiger partial charge is 0.258 e. The molecule has 1 aromatic rings. The lowest BCUT2D eigenvalue weighted by molar-refractivity contribution is -0.128. The van der Waals surface area contributed by atoms with Crippen LogP contribution >= 0.6 is 11.8 Å². The van der Waals surface area contributed by atoms with Crippen molar-refractivity contribution in [1.29, 1.82) is 0 Å². The topological polar surface area (TPSA) is 119 Å². The van der Waals surface area contributed by atoms with Crippen molar-refractivity contribution in [2.75, 3.05) is 26.4 Å². The van der Waals surface area contributed by atoms with E-state index in [9.17, 15) is 25.2 Å². The summed E-state index contributed by atoms with van der Waals surface area (Å²) in [6.45, 7) is 5.23. The molecule has 7 nitrogen and oxygen atoms in total. The third-order valence-electron chi connectivity index (χ3n) is 4.15. The van der Waals surface area contributed by atoms with E-state index in [0.717, 1.165) is 10.5 Å². The maximum atomic E-state index is 12.0. The summed E-state index contributed by atoms with van der Waals surface area (Å²) in [6, 6.07) is 7.37. The molecular formula is C19H23NO6S. The zero-order chi connectivity index (χ0) is 20.0. The number of hydrogen-bond acceptors (Lipinski definition) is 7. The number of ether oxygens (including phenoxy) is 1. The van der Waals surface area contributed by atoms with Gasteiger partial charge in [-0.15, -0.1) is 0 Å². The van der Waals surface area contributed by atoms with E-state index < -0.39 is 44.0 Å². The summed E-state index contributed by atoms with van der Waals surface area (Å²) < 4.78 is 5.43. The molecule has 0 fully saturated rings. The van der Waals surface area contributed by atoms with Crippen LogP contribution in [0.1, 0.15) is 11.7 Å².